The number of carbonyl (C=O) groups excluding carboxylic acids is 3. The largest absolute Gasteiger partial charge is 0.466 e. The van der Waals surface area contributed by atoms with Gasteiger partial charge in [0.05, 0.1) is 37.2 Å². The number of nitrogens with zero attached hydrogens (tertiary/aromatic N) is 1. The van der Waals surface area contributed by atoms with Crippen LogP contribution >= 0.6 is 0 Å². The van der Waals surface area contributed by atoms with Gasteiger partial charge in [0.1, 0.15) is 11.6 Å². The van der Waals surface area contributed by atoms with Gasteiger partial charge in [0, 0.05) is 5.54 Å². The Bertz CT molecular complexity index is 702. The minimum absolute atomic E-state index is 0.220. The van der Waals surface area contributed by atoms with Crippen molar-refractivity contribution in [3.05, 3.63) is 0 Å². The molecular formula is C22H36N2O6. The molecule has 2 amide bonds. The van der Waals surface area contributed by atoms with Crippen LogP contribution in [0.25, 0.3) is 0 Å². The Hall–Kier alpha value is -1.67. The van der Waals surface area contributed by atoms with Crippen molar-refractivity contribution in [3.63, 3.8) is 0 Å². The number of likely N-dealkylation sites (tertiary alicyclic amines) is 1. The first-order chi connectivity index (χ1) is 14.0. The first-order valence-electron chi connectivity index (χ1n) is 11.1. The van der Waals surface area contributed by atoms with E-state index in [1.807, 2.05) is 34.6 Å². The van der Waals surface area contributed by atoms with Crippen LogP contribution in [-0.2, 0) is 23.9 Å². The molecule has 8 heteroatoms. The Kier molecular flexibility index (Phi) is 6.22. The number of amides is 2. The summed E-state index contributed by atoms with van der Waals surface area (Å²) in [5.74, 6) is -2.28. The second kappa shape index (κ2) is 8.11. The van der Waals surface area contributed by atoms with E-state index in [1.165, 1.54) is 4.90 Å². The molecule has 3 aliphatic heterocycles. The Morgan fingerprint density at radius 3 is 2.57 bits per heavy atom. The first-order valence-corrected chi connectivity index (χ1v) is 11.1. The Balaban J connectivity index is 2.05. The lowest BCUT2D eigenvalue weighted by Gasteiger charge is -2.38. The molecule has 3 aliphatic rings. The molecule has 30 heavy (non-hydrogen) atoms. The molecule has 0 aromatic heterocycles. The Morgan fingerprint density at radius 2 is 2.03 bits per heavy atom. The average Bonchev–Trinajstić information content (AvgIpc) is 3.25. The number of aliphatic hydroxyl groups is 1. The molecule has 2 bridgehead atoms. The minimum Gasteiger partial charge on any atom is -0.466 e. The molecule has 3 rings (SSSR count). The average molecular weight is 425 g/mol. The molecule has 0 aliphatic carbocycles. The summed E-state index contributed by atoms with van der Waals surface area (Å²) < 4.78 is 11.6. The normalized spacial score (nSPS) is 33.7. The SMILES string of the molecule is CCOC(=O)[C@@H]1[C@@H]2CCC3(O2)C(C(=O)NC(C)(C)C)N([C@@H](CO)CC(C)C)C(=O)[C@H]13. The van der Waals surface area contributed by atoms with Crippen LogP contribution in [0.3, 0.4) is 0 Å². The number of aliphatic hydroxyl groups excluding tert-OH is 1. The lowest BCUT2D eigenvalue weighted by Crippen LogP contribution is -2.60. The molecule has 2 unspecified atom stereocenters. The summed E-state index contributed by atoms with van der Waals surface area (Å²) >= 11 is 0. The van der Waals surface area contributed by atoms with Gasteiger partial charge in [0.2, 0.25) is 11.8 Å². The van der Waals surface area contributed by atoms with Gasteiger partial charge in [-0.15, -0.1) is 0 Å². The van der Waals surface area contributed by atoms with E-state index in [-0.39, 0.29) is 30.9 Å². The fourth-order valence-corrected chi connectivity index (χ4v) is 5.55. The number of hydrogen-bond donors (Lipinski definition) is 2. The fraction of sp³-hybridized carbons (Fsp3) is 0.864. The van der Waals surface area contributed by atoms with Crippen molar-refractivity contribution in [2.45, 2.75) is 90.1 Å². The van der Waals surface area contributed by atoms with Crippen LogP contribution in [0, 0.1) is 17.8 Å². The van der Waals surface area contributed by atoms with Gasteiger partial charge in [-0.3, -0.25) is 14.4 Å². The lowest BCUT2D eigenvalue weighted by molar-refractivity contribution is -0.155. The van der Waals surface area contributed by atoms with E-state index in [9.17, 15) is 19.5 Å². The Morgan fingerprint density at radius 1 is 1.37 bits per heavy atom. The predicted molar refractivity (Wildman–Crippen MR) is 109 cm³/mol. The fourth-order valence-electron chi connectivity index (χ4n) is 5.55. The zero-order valence-electron chi connectivity index (χ0n) is 18.9. The van der Waals surface area contributed by atoms with Gasteiger partial charge < -0.3 is 24.8 Å². The maximum Gasteiger partial charge on any atom is 0.312 e. The van der Waals surface area contributed by atoms with Gasteiger partial charge in [-0.25, -0.2) is 0 Å². The van der Waals surface area contributed by atoms with Crippen molar-refractivity contribution in [3.8, 4) is 0 Å². The number of rotatable bonds is 7. The molecule has 8 nitrogen and oxygen atoms in total. The maximum atomic E-state index is 13.7. The summed E-state index contributed by atoms with van der Waals surface area (Å²) in [5, 5.41) is 13.1. The minimum atomic E-state index is -1.06. The van der Waals surface area contributed by atoms with E-state index in [4.69, 9.17) is 9.47 Å². The number of fused-ring (bicyclic) bond motifs is 1. The van der Waals surface area contributed by atoms with Crippen LogP contribution in [0.4, 0.5) is 0 Å². The smallest absolute Gasteiger partial charge is 0.312 e. The molecule has 3 saturated heterocycles. The van der Waals surface area contributed by atoms with Gasteiger partial charge in [-0.05, 0) is 52.9 Å². The van der Waals surface area contributed by atoms with Crippen molar-refractivity contribution in [2.75, 3.05) is 13.2 Å². The van der Waals surface area contributed by atoms with Crippen LogP contribution < -0.4 is 5.32 Å². The molecule has 0 aromatic carbocycles. The van der Waals surface area contributed by atoms with Crippen molar-refractivity contribution < 1.29 is 29.0 Å². The molecule has 170 valence electrons. The molecule has 3 heterocycles. The van der Waals surface area contributed by atoms with Crippen molar-refractivity contribution in [2.24, 2.45) is 17.8 Å². The highest BCUT2D eigenvalue weighted by molar-refractivity contribution is 5.98. The van der Waals surface area contributed by atoms with Crippen molar-refractivity contribution in [1.82, 2.24) is 10.2 Å². The number of hydrogen-bond acceptors (Lipinski definition) is 6. The topological polar surface area (TPSA) is 105 Å². The van der Waals surface area contributed by atoms with Gasteiger partial charge >= 0.3 is 5.97 Å². The van der Waals surface area contributed by atoms with E-state index >= 15 is 0 Å². The van der Waals surface area contributed by atoms with Crippen molar-refractivity contribution >= 4 is 17.8 Å². The summed E-state index contributed by atoms with van der Waals surface area (Å²) in [6.07, 6.45) is 1.28. The maximum absolute atomic E-state index is 13.7. The molecule has 1 spiro atoms. The summed E-state index contributed by atoms with van der Waals surface area (Å²) in [4.78, 5) is 41.4. The van der Waals surface area contributed by atoms with E-state index in [1.54, 1.807) is 6.92 Å². The quantitative estimate of drug-likeness (QED) is 0.596. The molecular weight excluding hydrogens is 388 g/mol. The zero-order valence-corrected chi connectivity index (χ0v) is 18.9. The molecule has 2 N–H and O–H groups in total. The van der Waals surface area contributed by atoms with E-state index in [0.717, 1.165) is 0 Å². The van der Waals surface area contributed by atoms with E-state index < -0.39 is 47.1 Å². The molecule has 0 aromatic rings. The highest BCUT2D eigenvalue weighted by Gasteiger charge is 2.75. The van der Waals surface area contributed by atoms with Crippen LogP contribution in [0.1, 0.15) is 60.8 Å². The monoisotopic (exact) mass is 424 g/mol. The van der Waals surface area contributed by atoms with Crippen LogP contribution in [0.15, 0.2) is 0 Å². The third-order valence-electron chi connectivity index (χ3n) is 6.39. The standard InChI is InChI=1S/C22H36N2O6/c1-7-29-20(28)15-14-8-9-22(30-14)16(15)19(27)24(13(11-25)10-12(2)3)17(22)18(26)23-21(4,5)6/h12-17,25H,7-11H2,1-6H3,(H,23,26)/t13-,14+,15-,16+,17?,22?/m1/s1. The summed E-state index contributed by atoms with van der Waals surface area (Å²) in [6, 6.07) is -1.40. The van der Waals surface area contributed by atoms with Crippen LogP contribution in [-0.4, -0.2) is 70.3 Å². The first kappa shape index (κ1) is 23.0. The van der Waals surface area contributed by atoms with Crippen LogP contribution in [0.5, 0.6) is 0 Å². The second-order valence-electron chi connectivity index (χ2n) is 10.3. The number of nitrogens with one attached hydrogen (secondary N) is 1. The zero-order chi connectivity index (χ0) is 22.4. The molecule has 6 atom stereocenters. The number of ether oxygens (including phenoxy) is 2. The molecule has 0 saturated carbocycles. The second-order valence-corrected chi connectivity index (χ2v) is 10.3. The molecule has 0 radical (unpaired) electrons. The van der Waals surface area contributed by atoms with Gasteiger partial charge in [0.25, 0.3) is 0 Å². The summed E-state index contributed by atoms with van der Waals surface area (Å²) in [6.45, 7) is 11.4. The highest BCUT2D eigenvalue weighted by atomic mass is 16.6. The molecule has 3 fully saturated rings. The van der Waals surface area contributed by atoms with Crippen LogP contribution in [0.2, 0.25) is 0 Å². The van der Waals surface area contributed by atoms with Crippen molar-refractivity contribution in [1.29, 1.82) is 0 Å². The summed E-state index contributed by atoms with van der Waals surface area (Å²) in [5.41, 5.74) is -1.55. The number of esters is 1. The third kappa shape index (κ3) is 3.73. The van der Waals surface area contributed by atoms with Gasteiger partial charge in [0.15, 0.2) is 0 Å². The predicted octanol–water partition coefficient (Wildman–Crippen LogP) is 1.25. The van der Waals surface area contributed by atoms with E-state index in [2.05, 4.69) is 5.32 Å². The van der Waals surface area contributed by atoms with E-state index in [0.29, 0.717) is 19.3 Å². The Labute approximate surface area is 178 Å². The lowest BCUT2D eigenvalue weighted by atomic mass is 9.70. The van der Waals surface area contributed by atoms with Gasteiger partial charge in [-0.2, -0.15) is 0 Å². The summed E-state index contributed by atoms with van der Waals surface area (Å²) in [7, 11) is 0. The van der Waals surface area contributed by atoms with Gasteiger partial charge in [-0.1, -0.05) is 13.8 Å². The highest BCUT2D eigenvalue weighted by Crippen LogP contribution is 2.59. The third-order valence-corrected chi connectivity index (χ3v) is 6.39. The number of carbonyl (C=O) groups is 3.